The van der Waals surface area contributed by atoms with Crippen molar-refractivity contribution in [2.24, 2.45) is 17.0 Å². The summed E-state index contributed by atoms with van der Waals surface area (Å²) in [6.07, 6.45) is 5.11. The molecule has 7 heteroatoms. The molecule has 0 spiro atoms. The van der Waals surface area contributed by atoms with Gasteiger partial charge in [-0.05, 0) is 49.7 Å². The summed E-state index contributed by atoms with van der Waals surface area (Å²) >= 11 is 1.07. The number of rotatable bonds is 6. The highest BCUT2D eigenvalue weighted by molar-refractivity contribution is 7.91. The van der Waals surface area contributed by atoms with Gasteiger partial charge in [-0.15, -0.1) is 11.3 Å². The summed E-state index contributed by atoms with van der Waals surface area (Å²) in [5, 5.41) is 8.18. The first-order valence-corrected chi connectivity index (χ1v) is 9.20. The molecule has 0 aliphatic heterocycles. The maximum atomic E-state index is 12.1. The lowest BCUT2D eigenvalue weighted by Crippen LogP contribution is -2.38. The van der Waals surface area contributed by atoms with Crippen LogP contribution in [0.1, 0.15) is 30.6 Å². The number of nitrogens with two attached hydrogens (primary N) is 1. The second kappa shape index (κ2) is 5.13. The normalized spacial score (nSPS) is 19.3. The van der Waals surface area contributed by atoms with Gasteiger partial charge in [0.2, 0.25) is 15.9 Å². The smallest absolute Gasteiger partial charge is 0.247 e. The van der Waals surface area contributed by atoms with Crippen molar-refractivity contribution in [2.75, 3.05) is 0 Å². The van der Waals surface area contributed by atoms with Crippen molar-refractivity contribution in [1.29, 1.82) is 0 Å². The summed E-state index contributed by atoms with van der Waals surface area (Å²) in [6.45, 7) is 0. The molecule has 0 radical (unpaired) electrons. The molecule has 0 aromatic carbocycles. The number of amides is 1. The van der Waals surface area contributed by atoms with E-state index in [0.29, 0.717) is 17.9 Å². The predicted octanol–water partition coefficient (Wildman–Crippen LogP) is 1.24. The van der Waals surface area contributed by atoms with Gasteiger partial charge < -0.3 is 5.32 Å². The van der Waals surface area contributed by atoms with Crippen LogP contribution < -0.4 is 10.5 Å². The molecule has 0 unspecified atom stereocenters. The number of carbonyl (C=O) groups excluding carboxylic acids is 1. The van der Waals surface area contributed by atoms with E-state index in [1.807, 2.05) is 0 Å². The minimum atomic E-state index is -3.66. The van der Waals surface area contributed by atoms with E-state index in [4.69, 9.17) is 5.14 Å². The van der Waals surface area contributed by atoms with Gasteiger partial charge in [-0.2, -0.15) is 0 Å². The number of carbonyl (C=O) groups is 1. The first-order chi connectivity index (χ1) is 9.43. The third-order valence-electron chi connectivity index (χ3n) is 3.84. The van der Waals surface area contributed by atoms with Gasteiger partial charge in [-0.1, -0.05) is 0 Å². The number of primary sulfonamides is 1. The summed E-state index contributed by atoms with van der Waals surface area (Å²) in [6, 6.07) is 3.45. The molecule has 0 saturated heterocycles. The standard InChI is InChI=1S/C13H18N2O3S2/c14-20(17,18)12-6-5-10(19-12)7-11(16)15-13(8-1-2-8)9-3-4-9/h5-6,8-9,13H,1-4,7H2,(H,15,16)(H2,14,17,18). The predicted molar refractivity (Wildman–Crippen MR) is 76.8 cm³/mol. The largest absolute Gasteiger partial charge is 0.353 e. The van der Waals surface area contributed by atoms with Crippen LogP contribution in [0.3, 0.4) is 0 Å². The number of thiophene rings is 1. The van der Waals surface area contributed by atoms with E-state index in [0.717, 1.165) is 16.2 Å². The molecule has 2 saturated carbocycles. The van der Waals surface area contributed by atoms with Crippen molar-refractivity contribution in [2.45, 2.75) is 42.4 Å². The average Bonchev–Trinajstić information content (AvgIpc) is 3.25. The fourth-order valence-electron chi connectivity index (χ4n) is 2.53. The van der Waals surface area contributed by atoms with Gasteiger partial charge >= 0.3 is 0 Å². The van der Waals surface area contributed by atoms with Crippen molar-refractivity contribution in [3.05, 3.63) is 17.0 Å². The molecule has 3 rings (SSSR count). The number of sulfonamides is 1. The molecular formula is C13H18N2O3S2. The summed E-state index contributed by atoms with van der Waals surface area (Å²) in [7, 11) is -3.66. The second-order valence-electron chi connectivity index (χ2n) is 5.71. The van der Waals surface area contributed by atoms with Crippen molar-refractivity contribution in [1.82, 2.24) is 5.32 Å². The summed E-state index contributed by atoms with van der Waals surface area (Å²) in [5.74, 6) is 1.31. The van der Waals surface area contributed by atoms with Gasteiger partial charge in [0.05, 0.1) is 6.42 Å². The molecular weight excluding hydrogens is 296 g/mol. The molecule has 0 bridgehead atoms. The molecule has 1 heterocycles. The zero-order valence-electron chi connectivity index (χ0n) is 11.0. The Balaban J connectivity index is 1.59. The molecule has 0 atom stereocenters. The van der Waals surface area contributed by atoms with E-state index in [-0.39, 0.29) is 16.5 Å². The lowest BCUT2D eigenvalue weighted by Gasteiger charge is -2.17. The number of hydrogen-bond acceptors (Lipinski definition) is 4. The molecule has 2 aliphatic rings. The molecule has 1 aromatic rings. The van der Waals surface area contributed by atoms with Gasteiger partial charge in [0.15, 0.2) is 0 Å². The lowest BCUT2D eigenvalue weighted by molar-refractivity contribution is -0.121. The van der Waals surface area contributed by atoms with Gasteiger partial charge in [0.1, 0.15) is 4.21 Å². The van der Waals surface area contributed by atoms with Crippen LogP contribution in [-0.4, -0.2) is 20.4 Å². The zero-order chi connectivity index (χ0) is 14.3. The summed E-state index contributed by atoms with van der Waals surface area (Å²) in [5.41, 5.74) is 0. The van der Waals surface area contributed by atoms with E-state index in [1.165, 1.54) is 31.7 Å². The van der Waals surface area contributed by atoms with Crippen LogP contribution >= 0.6 is 11.3 Å². The molecule has 110 valence electrons. The molecule has 2 aliphatic carbocycles. The third kappa shape index (κ3) is 3.39. The van der Waals surface area contributed by atoms with Crippen LogP contribution in [0.4, 0.5) is 0 Å². The van der Waals surface area contributed by atoms with Crippen LogP contribution in [0, 0.1) is 11.8 Å². The van der Waals surface area contributed by atoms with Crippen molar-refractivity contribution >= 4 is 27.3 Å². The minimum Gasteiger partial charge on any atom is -0.353 e. The molecule has 1 amide bonds. The molecule has 20 heavy (non-hydrogen) atoms. The number of nitrogens with one attached hydrogen (secondary N) is 1. The Labute approximate surface area is 122 Å². The van der Waals surface area contributed by atoms with Crippen LogP contribution in [0.2, 0.25) is 0 Å². The Morgan fingerprint density at radius 3 is 2.35 bits per heavy atom. The van der Waals surface area contributed by atoms with E-state index in [2.05, 4.69) is 5.32 Å². The Hall–Kier alpha value is -0.920. The van der Waals surface area contributed by atoms with E-state index in [9.17, 15) is 13.2 Å². The van der Waals surface area contributed by atoms with Crippen LogP contribution in [0.15, 0.2) is 16.3 Å². The highest BCUT2D eigenvalue weighted by Crippen LogP contribution is 2.44. The summed E-state index contributed by atoms with van der Waals surface area (Å²) < 4.78 is 22.5. The fraction of sp³-hybridized carbons (Fsp3) is 0.615. The first-order valence-electron chi connectivity index (χ1n) is 6.84. The summed E-state index contributed by atoms with van der Waals surface area (Å²) in [4.78, 5) is 12.8. The molecule has 2 fully saturated rings. The van der Waals surface area contributed by atoms with Crippen molar-refractivity contribution in [3.63, 3.8) is 0 Å². The quantitative estimate of drug-likeness (QED) is 0.828. The third-order valence-corrected chi connectivity index (χ3v) is 6.36. The maximum absolute atomic E-state index is 12.1. The monoisotopic (exact) mass is 314 g/mol. The average molecular weight is 314 g/mol. The van der Waals surface area contributed by atoms with E-state index >= 15 is 0 Å². The Bertz CT molecular complexity index is 603. The zero-order valence-corrected chi connectivity index (χ0v) is 12.7. The SMILES string of the molecule is NS(=O)(=O)c1ccc(CC(=O)NC(C2CC2)C2CC2)s1. The van der Waals surface area contributed by atoms with Gasteiger partial charge in [-0.3, -0.25) is 4.79 Å². The van der Waals surface area contributed by atoms with Gasteiger partial charge in [0, 0.05) is 10.9 Å². The Morgan fingerprint density at radius 1 is 1.30 bits per heavy atom. The van der Waals surface area contributed by atoms with Crippen molar-refractivity contribution in [3.8, 4) is 0 Å². The van der Waals surface area contributed by atoms with Gasteiger partial charge in [0.25, 0.3) is 0 Å². The Morgan fingerprint density at radius 2 is 1.90 bits per heavy atom. The Kier molecular flexibility index (Phi) is 3.60. The maximum Gasteiger partial charge on any atom is 0.247 e. The lowest BCUT2D eigenvalue weighted by atomic mass is 10.1. The van der Waals surface area contributed by atoms with Crippen molar-refractivity contribution < 1.29 is 13.2 Å². The fourth-order valence-corrected chi connectivity index (χ4v) is 4.31. The highest BCUT2D eigenvalue weighted by atomic mass is 32.2. The molecule has 3 N–H and O–H groups in total. The van der Waals surface area contributed by atoms with Gasteiger partial charge in [-0.25, -0.2) is 13.6 Å². The van der Waals surface area contributed by atoms with E-state index in [1.54, 1.807) is 6.07 Å². The van der Waals surface area contributed by atoms with Crippen LogP contribution in [0.25, 0.3) is 0 Å². The second-order valence-corrected chi connectivity index (χ2v) is 8.67. The topological polar surface area (TPSA) is 89.3 Å². The molecule has 1 aromatic heterocycles. The molecule has 5 nitrogen and oxygen atoms in total. The van der Waals surface area contributed by atoms with E-state index < -0.39 is 10.0 Å². The van der Waals surface area contributed by atoms with Crippen LogP contribution in [-0.2, 0) is 21.2 Å². The highest BCUT2D eigenvalue weighted by Gasteiger charge is 2.42. The first kappa shape index (κ1) is 14.0. The number of hydrogen-bond donors (Lipinski definition) is 2. The minimum absolute atomic E-state index is 0.0170. The van der Waals surface area contributed by atoms with Crippen LogP contribution in [0.5, 0.6) is 0 Å².